The first-order valence-electron chi connectivity index (χ1n) is 8.87. The van der Waals surface area contributed by atoms with Gasteiger partial charge in [-0.25, -0.2) is 0 Å². The van der Waals surface area contributed by atoms with E-state index in [1.807, 2.05) is 10.6 Å². The molecule has 3 rings (SSSR count). The van der Waals surface area contributed by atoms with Crippen LogP contribution in [-0.4, -0.2) is 32.2 Å². The van der Waals surface area contributed by atoms with Gasteiger partial charge < -0.3 is 9.73 Å². The lowest BCUT2D eigenvalue weighted by Crippen LogP contribution is -2.15. The number of thioether (sulfide) groups is 2. The molecule has 29 heavy (non-hydrogen) atoms. The summed E-state index contributed by atoms with van der Waals surface area (Å²) in [5, 5.41) is 11.8. The smallest absolute Gasteiger partial charge is 0.288 e. The highest BCUT2D eigenvalue weighted by Gasteiger charge is 2.18. The van der Waals surface area contributed by atoms with Crippen molar-refractivity contribution in [3.05, 3.63) is 42.7 Å². The van der Waals surface area contributed by atoms with Crippen LogP contribution >= 0.6 is 23.5 Å². The van der Waals surface area contributed by atoms with Crippen LogP contribution in [0.25, 0.3) is 11.6 Å². The molecule has 0 radical (unpaired) electrons. The molecule has 0 atom stereocenters. The van der Waals surface area contributed by atoms with Crippen LogP contribution in [0.1, 0.15) is 13.8 Å². The molecule has 3 aromatic rings. The Hall–Kier alpha value is -2.33. The maximum absolute atomic E-state index is 12.4. The minimum absolute atomic E-state index is 0.141. The van der Waals surface area contributed by atoms with Crippen LogP contribution in [0.3, 0.4) is 0 Å². The summed E-state index contributed by atoms with van der Waals surface area (Å²) in [6, 6.07) is 9.91. The summed E-state index contributed by atoms with van der Waals surface area (Å²) in [5.74, 6) is -0.946. The number of carbonyl (C=O) groups is 1. The number of carbonyl (C=O) groups excluding carboxylic acids is 1. The van der Waals surface area contributed by atoms with E-state index < -0.39 is 5.76 Å². The Morgan fingerprint density at radius 2 is 1.97 bits per heavy atom. The number of rotatable bonds is 9. The second-order valence-corrected chi connectivity index (χ2v) is 8.53. The molecular weight excluding hydrogens is 418 g/mol. The molecule has 1 N–H and O–H groups in total. The van der Waals surface area contributed by atoms with Gasteiger partial charge in [-0.2, -0.15) is 8.78 Å². The predicted octanol–water partition coefficient (Wildman–Crippen LogP) is 5.24. The Morgan fingerprint density at radius 3 is 2.59 bits per heavy atom. The molecule has 1 amide bonds. The first-order valence-corrected chi connectivity index (χ1v) is 10.7. The van der Waals surface area contributed by atoms with Crippen LogP contribution < -0.4 is 5.32 Å². The van der Waals surface area contributed by atoms with Crippen molar-refractivity contribution >= 4 is 35.1 Å². The summed E-state index contributed by atoms with van der Waals surface area (Å²) < 4.78 is 32.1. The minimum Gasteiger partial charge on any atom is -0.461 e. The number of nitrogens with one attached hydrogen (secondary N) is 1. The molecule has 0 bridgehead atoms. The van der Waals surface area contributed by atoms with Gasteiger partial charge in [-0.05, 0) is 42.3 Å². The summed E-state index contributed by atoms with van der Waals surface area (Å²) in [6.07, 6.45) is 1.58. The van der Waals surface area contributed by atoms with Gasteiger partial charge in [0.15, 0.2) is 16.7 Å². The average molecular weight is 439 g/mol. The van der Waals surface area contributed by atoms with Crippen molar-refractivity contribution in [3.63, 3.8) is 0 Å². The average Bonchev–Trinajstić information content (AvgIpc) is 3.31. The zero-order valence-corrected chi connectivity index (χ0v) is 17.5. The number of hydrogen-bond donors (Lipinski definition) is 1. The highest BCUT2D eigenvalue weighted by Crippen LogP contribution is 2.27. The van der Waals surface area contributed by atoms with Crippen LogP contribution in [0.2, 0.25) is 0 Å². The van der Waals surface area contributed by atoms with Crippen molar-refractivity contribution in [2.75, 3.05) is 11.1 Å². The Morgan fingerprint density at radius 1 is 1.21 bits per heavy atom. The van der Waals surface area contributed by atoms with Crippen molar-refractivity contribution in [3.8, 4) is 11.6 Å². The van der Waals surface area contributed by atoms with Gasteiger partial charge in [-0.3, -0.25) is 9.36 Å². The summed E-state index contributed by atoms with van der Waals surface area (Å²) in [6.45, 7) is 4.86. The molecule has 10 heteroatoms. The zero-order chi connectivity index (χ0) is 20.8. The first-order chi connectivity index (χ1) is 13.9. The first kappa shape index (κ1) is 21.4. The number of benzene rings is 1. The zero-order valence-electron chi connectivity index (χ0n) is 15.8. The van der Waals surface area contributed by atoms with Crippen molar-refractivity contribution in [2.24, 2.45) is 5.92 Å². The summed E-state index contributed by atoms with van der Waals surface area (Å²) in [4.78, 5) is 12.7. The largest absolute Gasteiger partial charge is 0.461 e. The van der Waals surface area contributed by atoms with Gasteiger partial charge in [0.05, 0.1) is 12.0 Å². The van der Waals surface area contributed by atoms with E-state index in [9.17, 15) is 13.6 Å². The normalized spacial score (nSPS) is 11.4. The number of hydrogen-bond acceptors (Lipinski definition) is 6. The maximum Gasteiger partial charge on any atom is 0.288 e. The third-order valence-electron chi connectivity index (χ3n) is 3.70. The van der Waals surface area contributed by atoms with E-state index in [4.69, 9.17) is 4.42 Å². The number of halogens is 2. The van der Waals surface area contributed by atoms with Gasteiger partial charge in [0.25, 0.3) is 5.76 Å². The number of aromatic nitrogens is 3. The molecule has 6 nitrogen and oxygen atoms in total. The van der Waals surface area contributed by atoms with Crippen LogP contribution in [0, 0.1) is 5.92 Å². The van der Waals surface area contributed by atoms with Crippen molar-refractivity contribution < 1.29 is 18.0 Å². The summed E-state index contributed by atoms with van der Waals surface area (Å²) >= 11 is 1.74. The molecule has 0 aliphatic heterocycles. The van der Waals surface area contributed by atoms with E-state index in [-0.39, 0.29) is 11.7 Å². The predicted molar refractivity (Wildman–Crippen MR) is 110 cm³/mol. The van der Waals surface area contributed by atoms with Crippen LogP contribution in [-0.2, 0) is 11.3 Å². The fourth-order valence-electron chi connectivity index (χ4n) is 2.56. The number of nitrogens with zero attached hydrogens (tertiary/aromatic N) is 3. The Labute approximate surface area is 175 Å². The molecule has 0 fully saturated rings. The van der Waals surface area contributed by atoms with Gasteiger partial charge in [0.2, 0.25) is 5.91 Å². The van der Waals surface area contributed by atoms with E-state index in [2.05, 4.69) is 29.4 Å². The van der Waals surface area contributed by atoms with E-state index in [0.717, 1.165) is 0 Å². The molecule has 0 aliphatic carbocycles. The lowest BCUT2D eigenvalue weighted by atomic mass is 10.2. The fraction of sp³-hybridized carbons (Fsp3) is 0.316. The van der Waals surface area contributed by atoms with E-state index in [1.54, 1.807) is 36.6 Å². The van der Waals surface area contributed by atoms with Crippen LogP contribution in [0.4, 0.5) is 14.5 Å². The number of alkyl halides is 2. The highest BCUT2D eigenvalue weighted by molar-refractivity contribution is 8.00. The Kier molecular flexibility index (Phi) is 7.32. The Balaban J connectivity index is 1.62. The molecule has 2 heterocycles. The topological polar surface area (TPSA) is 73.0 Å². The van der Waals surface area contributed by atoms with Crippen molar-refractivity contribution in [2.45, 2.75) is 36.2 Å². The number of furan rings is 1. The quantitative estimate of drug-likeness (QED) is 0.461. The minimum atomic E-state index is -2.47. The van der Waals surface area contributed by atoms with Gasteiger partial charge in [-0.1, -0.05) is 37.4 Å². The van der Waals surface area contributed by atoms with Gasteiger partial charge in [0.1, 0.15) is 0 Å². The molecule has 0 aliphatic rings. The van der Waals surface area contributed by atoms with Gasteiger partial charge >= 0.3 is 0 Å². The molecule has 0 spiro atoms. The van der Waals surface area contributed by atoms with Crippen LogP contribution in [0.5, 0.6) is 0 Å². The third-order valence-corrected chi connectivity index (χ3v) is 5.39. The maximum atomic E-state index is 12.4. The second-order valence-electron chi connectivity index (χ2n) is 6.53. The summed E-state index contributed by atoms with van der Waals surface area (Å²) in [7, 11) is 0. The van der Waals surface area contributed by atoms with Crippen LogP contribution in [0.15, 0.2) is 57.1 Å². The lowest BCUT2D eigenvalue weighted by molar-refractivity contribution is -0.113. The molecule has 154 valence electrons. The third kappa shape index (κ3) is 6.07. The monoisotopic (exact) mass is 438 g/mol. The van der Waals surface area contributed by atoms with E-state index in [1.165, 1.54) is 11.8 Å². The second kappa shape index (κ2) is 9.93. The summed E-state index contributed by atoms with van der Waals surface area (Å²) in [5.41, 5.74) is 0.550. The van der Waals surface area contributed by atoms with Gasteiger partial charge in [0, 0.05) is 17.1 Å². The fourth-order valence-corrected chi connectivity index (χ4v) is 3.81. The molecule has 0 saturated carbocycles. The molecule has 2 aromatic heterocycles. The standard InChI is InChI=1S/C19H20F2N4O2S2/c1-12(2)10-25-17(15-4-3-9-27-15)23-24-19(25)28-11-16(26)22-13-5-7-14(8-6-13)29-18(20)21/h3-9,12,18H,10-11H2,1-2H3,(H,22,26). The van der Waals surface area contributed by atoms with E-state index >= 15 is 0 Å². The number of anilines is 1. The highest BCUT2D eigenvalue weighted by atomic mass is 32.2. The Bertz CT molecular complexity index is 928. The van der Waals surface area contributed by atoms with Crippen molar-refractivity contribution in [1.82, 2.24) is 14.8 Å². The SMILES string of the molecule is CC(C)Cn1c(SCC(=O)Nc2ccc(SC(F)F)cc2)nnc1-c1ccco1. The molecule has 1 aromatic carbocycles. The van der Waals surface area contributed by atoms with E-state index in [0.29, 0.717) is 51.5 Å². The number of amides is 1. The lowest BCUT2D eigenvalue weighted by Gasteiger charge is -2.11. The molecular formula is C19H20F2N4O2S2. The van der Waals surface area contributed by atoms with Crippen molar-refractivity contribution in [1.29, 1.82) is 0 Å². The molecule has 0 saturated heterocycles. The molecule has 0 unspecified atom stereocenters. The van der Waals surface area contributed by atoms with Gasteiger partial charge in [-0.15, -0.1) is 10.2 Å².